The predicted molar refractivity (Wildman–Crippen MR) is 99.3 cm³/mol. The second kappa shape index (κ2) is 8.73. The average molecular weight is 390 g/mol. The van der Waals surface area contributed by atoms with Crippen LogP contribution in [0.4, 0.5) is 0 Å². The van der Waals surface area contributed by atoms with Gasteiger partial charge >= 0.3 is 0 Å². The van der Waals surface area contributed by atoms with Crippen LogP contribution in [0.1, 0.15) is 27.2 Å². The lowest BCUT2D eigenvalue weighted by Gasteiger charge is -2.27. The summed E-state index contributed by atoms with van der Waals surface area (Å²) in [6, 6.07) is 5.58. The molecule has 27 heavy (non-hydrogen) atoms. The summed E-state index contributed by atoms with van der Waals surface area (Å²) >= 11 is 1.16. The number of rotatable bonds is 9. The average Bonchev–Trinajstić information content (AvgIpc) is 3.26. The Kier molecular flexibility index (Phi) is 6.63. The lowest BCUT2D eigenvalue weighted by molar-refractivity contribution is -0.120. The first-order chi connectivity index (χ1) is 12.8. The molecule has 0 aliphatic carbocycles. The molecule has 0 aliphatic heterocycles. The van der Waals surface area contributed by atoms with Gasteiger partial charge in [-0.1, -0.05) is 25.6 Å². The van der Waals surface area contributed by atoms with E-state index in [0.717, 1.165) is 11.8 Å². The van der Waals surface area contributed by atoms with Crippen molar-refractivity contribution in [2.75, 3.05) is 5.75 Å². The fraction of sp³-hybridized carbons (Fsp3) is 0.471. The molecule has 3 N–H and O–H groups in total. The van der Waals surface area contributed by atoms with Gasteiger partial charge < -0.3 is 15.5 Å². The van der Waals surface area contributed by atoms with E-state index in [-0.39, 0.29) is 30.5 Å². The molecule has 0 fully saturated rings. The van der Waals surface area contributed by atoms with Crippen molar-refractivity contribution in [1.82, 2.24) is 20.1 Å². The maximum absolute atomic E-state index is 12.3. The Labute approximate surface area is 161 Å². The van der Waals surface area contributed by atoms with Crippen LogP contribution in [-0.4, -0.2) is 37.9 Å². The third-order valence-corrected chi connectivity index (χ3v) is 5.13. The summed E-state index contributed by atoms with van der Waals surface area (Å²) in [6.45, 7) is 5.69. The van der Waals surface area contributed by atoms with Gasteiger partial charge in [-0.15, -0.1) is 10.2 Å². The van der Waals surface area contributed by atoms with Gasteiger partial charge in [-0.2, -0.15) is 5.26 Å². The van der Waals surface area contributed by atoms with Crippen LogP contribution in [0.15, 0.2) is 28.0 Å². The van der Waals surface area contributed by atoms with Gasteiger partial charge in [0.05, 0.1) is 18.1 Å². The van der Waals surface area contributed by atoms with Crippen molar-refractivity contribution >= 4 is 23.6 Å². The monoisotopic (exact) mass is 390 g/mol. The topological polar surface area (TPSA) is 140 Å². The van der Waals surface area contributed by atoms with Gasteiger partial charge in [-0.3, -0.25) is 14.2 Å². The number of primary amides is 1. The van der Waals surface area contributed by atoms with Crippen LogP contribution in [0.5, 0.6) is 0 Å². The quantitative estimate of drug-likeness (QED) is 0.619. The molecule has 144 valence electrons. The lowest BCUT2D eigenvalue weighted by atomic mass is 9.90. The van der Waals surface area contributed by atoms with E-state index in [4.69, 9.17) is 10.2 Å². The number of nitrogens with two attached hydrogens (primary N) is 1. The number of nitrogens with one attached hydrogen (secondary N) is 1. The van der Waals surface area contributed by atoms with E-state index in [9.17, 15) is 14.9 Å². The largest absolute Gasteiger partial charge is 0.461 e. The van der Waals surface area contributed by atoms with E-state index in [2.05, 4.69) is 21.6 Å². The Morgan fingerprint density at radius 3 is 2.78 bits per heavy atom. The number of furan rings is 1. The molecule has 2 amide bonds. The molecule has 0 saturated carbocycles. The van der Waals surface area contributed by atoms with Crippen molar-refractivity contribution in [3.05, 3.63) is 18.4 Å². The van der Waals surface area contributed by atoms with Crippen LogP contribution in [0.3, 0.4) is 0 Å². The number of nitrogens with zero attached hydrogens (tertiary/aromatic N) is 4. The van der Waals surface area contributed by atoms with Crippen LogP contribution in [0, 0.1) is 17.2 Å². The Balaban J connectivity index is 2.13. The predicted octanol–water partition coefficient (Wildman–Crippen LogP) is 1.56. The van der Waals surface area contributed by atoms with Crippen LogP contribution < -0.4 is 11.1 Å². The van der Waals surface area contributed by atoms with Gasteiger partial charge in [0.1, 0.15) is 5.54 Å². The summed E-state index contributed by atoms with van der Waals surface area (Å²) in [5.41, 5.74) is 4.30. The number of hydrogen-bond acceptors (Lipinski definition) is 7. The maximum atomic E-state index is 12.3. The molecule has 1 unspecified atom stereocenters. The standard InChI is InChI=1S/C17H22N6O3S/c1-11(2)17(3,10-18)20-14(25)9-27-16-22-21-15(12-5-4-8-26-12)23(16)7-6-13(19)24/h4-5,8,11H,6-7,9H2,1-3H3,(H2,19,24)(H,20,25). The van der Waals surface area contributed by atoms with E-state index in [0.29, 0.717) is 16.7 Å². The Morgan fingerprint density at radius 2 is 2.22 bits per heavy atom. The van der Waals surface area contributed by atoms with Crippen molar-refractivity contribution in [2.45, 2.75) is 44.4 Å². The molecule has 0 radical (unpaired) electrons. The van der Waals surface area contributed by atoms with Crippen molar-refractivity contribution in [2.24, 2.45) is 11.7 Å². The van der Waals surface area contributed by atoms with Gasteiger partial charge in [0, 0.05) is 13.0 Å². The fourth-order valence-electron chi connectivity index (χ4n) is 2.16. The van der Waals surface area contributed by atoms with E-state index in [1.807, 2.05) is 13.8 Å². The number of carbonyl (C=O) groups is 2. The zero-order chi connectivity index (χ0) is 20.0. The van der Waals surface area contributed by atoms with Gasteiger partial charge in [0.25, 0.3) is 0 Å². The fourth-order valence-corrected chi connectivity index (χ4v) is 2.93. The Hall–Kier alpha value is -2.80. The smallest absolute Gasteiger partial charge is 0.231 e. The highest BCUT2D eigenvalue weighted by atomic mass is 32.2. The number of carbonyl (C=O) groups excluding carboxylic acids is 2. The first-order valence-corrected chi connectivity index (χ1v) is 9.36. The number of amides is 2. The number of thioether (sulfide) groups is 1. The molecule has 0 saturated heterocycles. The third kappa shape index (κ3) is 5.10. The number of aromatic nitrogens is 3. The zero-order valence-corrected chi connectivity index (χ0v) is 16.2. The van der Waals surface area contributed by atoms with Gasteiger partial charge in [-0.25, -0.2) is 0 Å². The van der Waals surface area contributed by atoms with E-state index < -0.39 is 11.4 Å². The summed E-state index contributed by atoms with van der Waals surface area (Å²) in [5.74, 6) is 0.220. The molecule has 2 aromatic rings. The highest BCUT2D eigenvalue weighted by Crippen LogP contribution is 2.25. The summed E-state index contributed by atoms with van der Waals surface area (Å²) in [7, 11) is 0. The van der Waals surface area contributed by atoms with Crippen molar-refractivity contribution in [3.8, 4) is 17.7 Å². The molecule has 0 aliphatic rings. The van der Waals surface area contributed by atoms with Crippen molar-refractivity contribution in [1.29, 1.82) is 5.26 Å². The first-order valence-electron chi connectivity index (χ1n) is 8.37. The molecule has 2 aromatic heterocycles. The first kappa shape index (κ1) is 20.5. The second-order valence-electron chi connectivity index (χ2n) is 6.46. The molecule has 0 spiro atoms. The molecule has 0 bridgehead atoms. The van der Waals surface area contributed by atoms with E-state index in [1.54, 1.807) is 23.6 Å². The lowest BCUT2D eigenvalue weighted by Crippen LogP contribution is -2.49. The number of nitriles is 1. The number of hydrogen-bond donors (Lipinski definition) is 2. The van der Waals surface area contributed by atoms with Crippen LogP contribution in [0.25, 0.3) is 11.6 Å². The van der Waals surface area contributed by atoms with E-state index in [1.165, 1.54) is 6.26 Å². The molecule has 2 heterocycles. The van der Waals surface area contributed by atoms with Gasteiger partial charge in [-0.05, 0) is 25.0 Å². The van der Waals surface area contributed by atoms with E-state index >= 15 is 0 Å². The van der Waals surface area contributed by atoms with Crippen LogP contribution in [0.2, 0.25) is 0 Å². The maximum Gasteiger partial charge on any atom is 0.231 e. The summed E-state index contributed by atoms with van der Waals surface area (Å²) in [6.07, 6.45) is 1.61. The van der Waals surface area contributed by atoms with Crippen LogP contribution in [-0.2, 0) is 16.1 Å². The molecule has 1 atom stereocenters. The second-order valence-corrected chi connectivity index (χ2v) is 7.40. The molecular formula is C17H22N6O3S. The highest BCUT2D eigenvalue weighted by molar-refractivity contribution is 7.99. The Bertz CT molecular complexity index is 839. The van der Waals surface area contributed by atoms with Gasteiger partial charge in [0.15, 0.2) is 16.7 Å². The normalized spacial score (nSPS) is 13.1. The zero-order valence-electron chi connectivity index (χ0n) is 15.4. The molecule has 2 rings (SSSR count). The van der Waals surface area contributed by atoms with Gasteiger partial charge in [0.2, 0.25) is 11.8 Å². The minimum atomic E-state index is -0.948. The summed E-state index contributed by atoms with van der Waals surface area (Å²) < 4.78 is 7.04. The highest BCUT2D eigenvalue weighted by Gasteiger charge is 2.30. The molecule has 9 nitrogen and oxygen atoms in total. The Morgan fingerprint density at radius 1 is 1.48 bits per heavy atom. The molecular weight excluding hydrogens is 368 g/mol. The minimum absolute atomic E-state index is 0.0405. The summed E-state index contributed by atoms with van der Waals surface area (Å²) in [4.78, 5) is 23.4. The summed E-state index contributed by atoms with van der Waals surface area (Å²) in [5, 5.41) is 20.7. The third-order valence-electron chi connectivity index (χ3n) is 4.16. The SMILES string of the molecule is CC(C)C(C)(C#N)NC(=O)CSc1nnc(-c2ccco2)n1CCC(N)=O. The molecule has 0 aromatic carbocycles. The van der Waals surface area contributed by atoms with Crippen LogP contribution >= 0.6 is 11.8 Å². The minimum Gasteiger partial charge on any atom is -0.461 e. The van der Waals surface area contributed by atoms with Crippen molar-refractivity contribution < 1.29 is 14.0 Å². The van der Waals surface area contributed by atoms with Crippen molar-refractivity contribution in [3.63, 3.8) is 0 Å². The molecule has 10 heteroatoms.